The lowest BCUT2D eigenvalue weighted by Gasteiger charge is -2.14. The number of nitrogens with one attached hydrogen (secondary N) is 3. The van der Waals surface area contributed by atoms with Gasteiger partial charge in [-0.1, -0.05) is 6.92 Å². The fourth-order valence-corrected chi connectivity index (χ4v) is 2.42. The maximum absolute atomic E-state index is 12.1. The number of anilines is 1. The molecule has 3 N–H and O–H groups in total. The summed E-state index contributed by atoms with van der Waals surface area (Å²) >= 11 is 0. The van der Waals surface area contributed by atoms with Crippen molar-refractivity contribution in [1.82, 2.24) is 15.5 Å². The highest BCUT2D eigenvalue weighted by Gasteiger charge is 2.29. The zero-order valence-electron chi connectivity index (χ0n) is 10.2. The van der Waals surface area contributed by atoms with Crippen molar-refractivity contribution in [2.75, 3.05) is 18.4 Å². The van der Waals surface area contributed by atoms with Crippen LogP contribution >= 0.6 is 0 Å². The number of carbonyl (C=O) groups excluding carboxylic acids is 1. The minimum absolute atomic E-state index is 0.0602. The van der Waals surface area contributed by atoms with E-state index in [0.717, 1.165) is 29.7 Å². The third-order valence-electron chi connectivity index (χ3n) is 3.56. The molecule has 1 aliphatic rings. The summed E-state index contributed by atoms with van der Waals surface area (Å²) in [7, 11) is 0. The Balaban J connectivity index is 1.77. The van der Waals surface area contributed by atoms with E-state index in [-0.39, 0.29) is 11.8 Å². The molecule has 0 bridgehead atoms. The zero-order chi connectivity index (χ0) is 12.5. The van der Waals surface area contributed by atoms with E-state index in [0.29, 0.717) is 5.92 Å². The van der Waals surface area contributed by atoms with Crippen LogP contribution in [0.15, 0.2) is 24.4 Å². The lowest BCUT2D eigenvalue weighted by Crippen LogP contribution is -2.27. The largest absolute Gasteiger partial charge is 0.326 e. The molecule has 3 rings (SSSR count). The fourth-order valence-electron chi connectivity index (χ4n) is 2.42. The summed E-state index contributed by atoms with van der Waals surface area (Å²) in [6.07, 6.45) is 1.75. The van der Waals surface area contributed by atoms with Gasteiger partial charge in [0.15, 0.2) is 0 Å². The Morgan fingerprint density at radius 1 is 1.44 bits per heavy atom. The Morgan fingerprint density at radius 2 is 2.33 bits per heavy atom. The first-order chi connectivity index (χ1) is 8.74. The molecule has 0 saturated carbocycles. The molecule has 18 heavy (non-hydrogen) atoms. The lowest BCUT2D eigenvalue weighted by atomic mass is 9.97. The zero-order valence-corrected chi connectivity index (χ0v) is 10.2. The molecule has 1 aliphatic heterocycles. The second-order valence-corrected chi connectivity index (χ2v) is 4.90. The van der Waals surface area contributed by atoms with Gasteiger partial charge in [0.1, 0.15) is 0 Å². The molecule has 2 unspecified atom stereocenters. The Bertz CT molecular complexity index is 577. The number of H-pyrrole nitrogens is 1. The third-order valence-corrected chi connectivity index (χ3v) is 3.56. The number of nitrogens with zero attached hydrogens (tertiary/aromatic N) is 1. The van der Waals surface area contributed by atoms with Crippen LogP contribution in [0.1, 0.15) is 6.92 Å². The number of fused-ring (bicyclic) bond motifs is 1. The van der Waals surface area contributed by atoms with Crippen molar-refractivity contribution in [1.29, 1.82) is 0 Å². The van der Waals surface area contributed by atoms with Crippen LogP contribution in [-0.4, -0.2) is 29.2 Å². The van der Waals surface area contributed by atoms with E-state index in [4.69, 9.17) is 0 Å². The van der Waals surface area contributed by atoms with Gasteiger partial charge in [0.05, 0.1) is 17.6 Å². The fraction of sp³-hybridized carbons (Fsp3) is 0.385. The van der Waals surface area contributed by atoms with Crippen molar-refractivity contribution in [2.24, 2.45) is 11.8 Å². The Morgan fingerprint density at radius 3 is 3.11 bits per heavy atom. The average molecular weight is 244 g/mol. The standard InChI is InChI=1S/C13H16N4O/c1-8-5-14-7-11(8)13(18)16-10-2-3-12-9(4-10)6-15-17-12/h2-4,6,8,11,14H,5,7H2,1H3,(H,15,17)(H,16,18). The number of amides is 1. The number of hydrogen-bond acceptors (Lipinski definition) is 3. The van der Waals surface area contributed by atoms with Crippen LogP contribution < -0.4 is 10.6 Å². The maximum atomic E-state index is 12.1. The lowest BCUT2D eigenvalue weighted by molar-refractivity contribution is -0.120. The van der Waals surface area contributed by atoms with E-state index in [1.54, 1.807) is 6.20 Å². The quantitative estimate of drug-likeness (QED) is 0.747. The van der Waals surface area contributed by atoms with Gasteiger partial charge >= 0.3 is 0 Å². The summed E-state index contributed by atoms with van der Waals surface area (Å²) in [5, 5.41) is 14.1. The minimum Gasteiger partial charge on any atom is -0.326 e. The Hall–Kier alpha value is -1.88. The Kier molecular flexibility index (Phi) is 2.76. The van der Waals surface area contributed by atoms with Crippen molar-refractivity contribution < 1.29 is 4.79 Å². The number of aromatic nitrogens is 2. The molecule has 5 heteroatoms. The van der Waals surface area contributed by atoms with Crippen LogP contribution in [0.5, 0.6) is 0 Å². The van der Waals surface area contributed by atoms with Gasteiger partial charge in [0, 0.05) is 17.6 Å². The van der Waals surface area contributed by atoms with Gasteiger partial charge in [-0.05, 0) is 30.7 Å². The summed E-state index contributed by atoms with van der Waals surface area (Å²) in [5.74, 6) is 0.544. The van der Waals surface area contributed by atoms with Crippen LogP contribution in [0.3, 0.4) is 0 Å². The van der Waals surface area contributed by atoms with E-state index >= 15 is 0 Å². The summed E-state index contributed by atoms with van der Waals surface area (Å²) in [6, 6.07) is 5.75. The number of rotatable bonds is 2. The monoisotopic (exact) mass is 244 g/mol. The smallest absolute Gasteiger partial charge is 0.229 e. The van der Waals surface area contributed by atoms with E-state index in [1.807, 2.05) is 18.2 Å². The molecule has 1 saturated heterocycles. The number of benzene rings is 1. The van der Waals surface area contributed by atoms with Crippen molar-refractivity contribution in [3.05, 3.63) is 24.4 Å². The van der Waals surface area contributed by atoms with Crippen LogP contribution in [0.2, 0.25) is 0 Å². The van der Waals surface area contributed by atoms with Gasteiger partial charge < -0.3 is 10.6 Å². The molecule has 0 spiro atoms. The Labute approximate surface area is 105 Å². The average Bonchev–Trinajstić information content (AvgIpc) is 2.96. The molecule has 1 aromatic heterocycles. The highest BCUT2D eigenvalue weighted by Crippen LogP contribution is 2.20. The number of aromatic amines is 1. The third kappa shape index (κ3) is 1.97. The molecule has 2 heterocycles. The van der Waals surface area contributed by atoms with Gasteiger partial charge in [-0.25, -0.2) is 0 Å². The van der Waals surface area contributed by atoms with Crippen LogP contribution in [-0.2, 0) is 4.79 Å². The number of carbonyl (C=O) groups is 1. The van der Waals surface area contributed by atoms with Crippen LogP contribution in [0.25, 0.3) is 10.9 Å². The molecule has 1 amide bonds. The first kappa shape index (κ1) is 11.2. The molecular weight excluding hydrogens is 228 g/mol. The van der Waals surface area contributed by atoms with Crippen molar-refractivity contribution >= 4 is 22.5 Å². The van der Waals surface area contributed by atoms with Gasteiger partial charge in [-0.3, -0.25) is 9.89 Å². The van der Waals surface area contributed by atoms with Gasteiger partial charge in [-0.15, -0.1) is 0 Å². The summed E-state index contributed by atoms with van der Waals surface area (Å²) in [6.45, 7) is 3.78. The minimum atomic E-state index is 0.0602. The van der Waals surface area contributed by atoms with Gasteiger partial charge in [-0.2, -0.15) is 5.10 Å². The van der Waals surface area contributed by atoms with Crippen LogP contribution in [0.4, 0.5) is 5.69 Å². The highest BCUT2D eigenvalue weighted by atomic mass is 16.1. The predicted molar refractivity (Wildman–Crippen MR) is 70.2 cm³/mol. The highest BCUT2D eigenvalue weighted by molar-refractivity contribution is 5.95. The van der Waals surface area contributed by atoms with Crippen molar-refractivity contribution in [3.8, 4) is 0 Å². The second kappa shape index (κ2) is 4.42. The van der Waals surface area contributed by atoms with E-state index in [2.05, 4.69) is 27.8 Å². The second-order valence-electron chi connectivity index (χ2n) is 4.90. The molecule has 0 radical (unpaired) electrons. The SMILES string of the molecule is CC1CNCC1C(=O)Nc1ccc2[nH]ncc2c1. The molecule has 0 aliphatic carbocycles. The normalized spacial score (nSPS) is 23.4. The molecule has 2 aromatic rings. The van der Waals surface area contributed by atoms with Gasteiger partial charge in [0.25, 0.3) is 0 Å². The molecular formula is C13H16N4O. The molecule has 5 nitrogen and oxygen atoms in total. The first-order valence-electron chi connectivity index (χ1n) is 6.19. The molecule has 2 atom stereocenters. The van der Waals surface area contributed by atoms with E-state index in [1.165, 1.54) is 0 Å². The van der Waals surface area contributed by atoms with E-state index in [9.17, 15) is 4.79 Å². The summed E-state index contributed by atoms with van der Waals surface area (Å²) in [5.41, 5.74) is 1.80. The van der Waals surface area contributed by atoms with Crippen molar-refractivity contribution in [3.63, 3.8) is 0 Å². The topological polar surface area (TPSA) is 69.8 Å². The predicted octanol–water partition coefficient (Wildman–Crippen LogP) is 1.36. The first-order valence-corrected chi connectivity index (χ1v) is 6.19. The summed E-state index contributed by atoms with van der Waals surface area (Å²) in [4.78, 5) is 12.1. The number of hydrogen-bond donors (Lipinski definition) is 3. The van der Waals surface area contributed by atoms with E-state index < -0.39 is 0 Å². The molecule has 94 valence electrons. The summed E-state index contributed by atoms with van der Waals surface area (Å²) < 4.78 is 0. The molecule has 1 fully saturated rings. The van der Waals surface area contributed by atoms with Gasteiger partial charge in [0.2, 0.25) is 5.91 Å². The molecule has 1 aromatic carbocycles. The van der Waals surface area contributed by atoms with Crippen molar-refractivity contribution in [2.45, 2.75) is 6.92 Å². The van der Waals surface area contributed by atoms with Crippen LogP contribution in [0, 0.1) is 11.8 Å². The maximum Gasteiger partial charge on any atom is 0.229 e.